The zero-order valence-corrected chi connectivity index (χ0v) is 25.3. The van der Waals surface area contributed by atoms with Gasteiger partial charge in [0.25, 0.3) is 0 Å². The predicted molar refractivity (Wildman–Crippen MR) is 194 cm³/mol. The summed E-state index contributed by atoms with van der Waals surface area (Å²) in [6.45, 7) is 0. The van der Waals surface area contributed by atoms with Gasteiger partial charge in [-0.15, -0.1) is 0 Å². The van der Waals surface area contributed by atoms with Gasteiger partial charge in [-0.25, -0.2) is 4.98 Å². The molecule has 10 rings (SSSR count). The van der Waals surface area contributed by atoms with E-state index in [-0.39, 0.29) is 0 Å². The van der Waals surface area contributed by atoms with Crippen LogP contribution < -0.4 is 0 Å². The van der Waals surface area contributed by atoms with Gasteiger partial charge >= 0.3 is 0 Å². The van der Waals surface area contributed by atoms with Gasteiger partial charge in [0.1, 0.15) is 5.52 Å². The third-order valence-corrected chi connectivity index (χ3v) is 9.36. The summed E-state index contributed by atoms with van der Waals surface area (Å²) in [6.07, 6.45) is 0. The number of hydrogen-bond acceptors (Lipinski definition) is 2. The van der Waals surface area contributed by atoms with Crippen molar-refractivity contribution < 1.29 is 4.42 Å². The number of fused-ring (bicyclic) bond motifs is 7. The fraction of sp³-hybridized carbons (Fsp3) is 0. The minimum Gasteiger partial charge on any atom is -0.436 e. The van der Waals surface area contributed by atoms with E-state index < -0.39 is 0 Å². The first-order valence-electron chi connectivity index (χ1n) is 15.9. The summed E-state index contributed by atoms with van der Waals surface area (Å²) >= 11 is 0. The van der Waals surface area contributed by atoms with Crippen LogP contribution in [0.2, 0.25) is 0 Å². The Balaban J connectivity index is 1.03. The summed E-state index contributed by atoms with van der Waals surface area (Å²) in [5, 5.41) is 4.97. The number of nitrogens with zero attached hydrogens (tertiary/aromatic N) is 3. The van der Waals surface area contributed by atoms with Crippen LogP contribution in [-0.4, -0.2) is 14.1 Å². The molecule has 0 saturated heterocycles. The molecule has 4 heteroatoms. The Bertz CT molecular complexity index is 2730. The molecule has 3 aromatic heterocycles. The Hall–Kier alpha value is -6.39. The molecule has 47 heavy (non-hydrogen) atoms. The molecule has 10 aromatic rings. The molecule has 0 bridgehead atoms. The summed E-state index contributed by atoms with van der Waals surface area (Å²) < 4.78 is 10.9. The van der Waals surface area contributed by atoms with Crippen molar-refractivity contribution >= 4 is 54.7 Å². The van der Waals surface area contributed by atoms with Gasteiger partial charge in [0.15, 0.2) is 5.58 Å². The highest BCUT2D eigenvalue weighted by molar-refractivity contribution is 6.11. The number of benzene rings is 7. The second kappa shape index (κ2) is 10.1. The molecule has 0 aliphatic rings. The lowest BCUT2D eigenvalue weighted by molar-refractivity contribution is 0.620. The Morgan fingerprint density at radius 2 is 0.872 bits per heavy atom. The van der Waals surface area contributed by atoms with E-state index in [1.165, 1.54) is 43.6 Å². The largest absolute Gasteiger partial charge is 0.436 e. The second-order valence-corrected chi connectivity index (χ2v) is 12.0. The van der Waals surface area contributed by atoms with Gasteiger partial charge < -0.3 is 13.6 Å². The van der Waals surface area contributed by atoms with Crippen LogP contribution in [0.1, 0.15) is 0 Å². The van der Waals surface area contributed by atoms with E-state index in [4.69, 9.17) is 9.40 Å². The maximum Gasteiger partial charge on any atom is 0.227 e. The highest BCUT2D eigenvalue weighted by Gasteiger charge is 2.16. The normalized spacial score (nSPS) is 11.8. The summed E-state index contributed by atoms with van der Waals surface area (Å²) in [6, 6.07) is 57.8. The van der Waals surface area contributed by atoms with E-state index in [0.29, 0.717) is 5.89 Å². The lowest BCUT2D eigenvalue weighted by Crippen LogP contribution is -1.93. The van der Waals surface area contributed by atoms with Gasteiger partial charge in [-0.1, -0.05) is 84.9 Å². The fourth-order valence-electron chi connectivity index (χ4n) is 7.19. The molecule has 0 N–H and O–H groups in total. The topological polar surface area (TPSA) is 35.9 Å². The predicted octanol–water partition coefficient (Wildman–Crippen LogP) is 11.4. The quantitative estimate of drug-likeness (QED) is 0.201. The SMILES string of the molecule is c1ccc(-n2c3ccccc3c3cc(-c4ccc5oc(-c6ccc(-n7c8ccccc8c8ccccc87)cc6)nc5c4)ccc32)cc1. The van der Waals surface area contributed by atoms with Crippen molar-refractivity contribution in [3.05, 3.63) is 164 Å². The maximum atomic E-state index is 6.27. The summed E-state index contributed by atoms with van der Waals surface area (Å²) in [4.78, 5) is 4.94. The van der Waals surface area contributed by atoms with Crippen molar-refractivity contribution in [3.63, 3.8) is 0 Å². The molecule has 0 atom stereocenters. The fourth-order valence-corrected chi connectivity index (χ4v) is 7.19. The summed E-state index contributed by atoms with van der Waals surface area (Å²) in [7, 11) is 0. The first-order valence-corrected chi connectivity index (χ1v) is 15.9. The van der Waals surface area contributed by atoms with Crippen molar-refractivity contribution in [1.29, 1.82) is 0 Å². The molecule has 0 unspecified atom stereocenters. The minimum absolute atomic E-state index is 0.618. The Morgan fingerprint density at radius 1 is 0.383 bits per heavy atom. The molecule has 3 heterocycles. The lowest BCUT2D eigenvalue weighted by Gasteiger charge is -2.08. The standard InChI is InChI=1S/C43H27N3O/c1-2-10-31(11-3-1)45-40-17-9-6-14-35(40)36-26-29(20-24-41(36)45)30-21-25-42-37(27-30)44-43(47-42)28-18-22-32(23-19-28)46-38-15-7-4-12-33(38)34-13-5-8-16-39(34)46/h1-27H. The van der Waals surface area contributed by atoms with Crippen LogP contribution in [0.4, 0.5) is 0 Å². The van der Waals surface area contributed by atoms with Gasteiger partial charge in [0.2, 0.25) is 5.89 Å². The Kier molecular flexibility index (Phi) is 5.54. The summed E-state index contributed by atoms with van der Waals surface area (Å²) in [5.41, 5.74) is 11.9. The molecule has 0 fully saturated rings. The third-order valence-electron chi connectivity index (χ3n) is 9.36. The van der Waals surface area contributed by atoms with E-state index in [1.54, 1.807) is 0 Å². The Morgan fingerprint density at radius 3 is 1.53 bits per heavy atom. The van der Waals surface area contributed by atoms with E-state index in [2.05, 4.69) is 167 Å². The molecule has 0 amide bonds. The molecule has 0 spiro atoms. The van der Waals surface area contributed by atoms with E-state index in [0.717, 1.165) is 39.2 Å². The molecule has 7 aromatic carbocycles. The van der Waals surface area contributed by atoms with Crippen LogP contribution in [0.3, 0.4) is 0 Å². The van der Waals surface area contributed by atoms with Gasteiger partial charge in [-0.3, -0.25) is 0 Å². The minimum atomic E-state index is 0.618. The van der Waals surface area contributed by atoms with Gasteiger partial charge in [0.05, 0.1) is 22.1 Å². The van der Waals surface area contributed by atoms with Gasteiger partial charge in [-0.05, 0) is 90.0 Å². The average molecular weight is 602 g/mol. The van der Waals surface area contributed by atoms with Crippen molar-refractivity contribution in [3.8, 4) is 34.0 Å². The van der Waals surface area contributed by atoms with Crippen LogP contribution >= 0.6 is 0 Å². The number of rotatable bonds is 4. The lowest BCUT2D eigenvalue weighted by atomic mass is 10.0. The zero-order chi connectivity index (χ0) is 30.9. The van der Waals surface area contributed by atoms with Crippen molar-refractivity contribution in [2.45, 2.75) is 0 Å². The number of hydrogen-bond donors (Lipinski definition) is 0. The molecule has 0 saturated carbocycles. The van der Waals surface area contributed by atoms with E-state index in [9.17, 15) is 0 Å². The monoisotopic (exact) mass is 601 g/mol. The first kappa shape index (κ1) is 25.9. The number of para-hydroxylation sites is 4. The van der Waals surface area contributed by atoms with Gasteiger partial charge in [0, 0.05) is 38.5 Å². The molecular weight excluding hydrogens is 574 g/mol. The number of oxazole rings is 1. The second-order valence-electron chi connectivity index (χ2n) is 12.0. The van der Waals surface area contributed by atoms with Crippen LogP contribution in [0, 0.1) is 0 Å². The molecule has 0 radical (unpaired) electrons. The van der Waals surface area contributed by atoms with Crippen LogP contribution in [0.25, 0.3) is 88.7 Å². The highest BCUT2D eigenvalue weighted by Crippen LogP contribution is 2.37. The highest BCUT2D eigenvalue weighted by atomic mass is 16.3. The van der Waals surface area contributed by atoms with Crippen molar-refractivity contribution in [2.75, 3.05) is 0 Å². The maximum absolute atomic E-state index is 6.27. The number of aromatic nitrogens is 3. The van der Waals surface area contributed by atoms with Crippen molar-refractivity contribution in [1.82, 2.24) is 14.1 Å². The Labute approximate surface area is 270 Å². The van der Waals surface area contributed by atoms with E-state index in [1.807, 2.05) is 6.07 Å². The smallest absolute Gasteiger partial charge is 0.227 e. The van der Waals surface area contributed by atoms with Crippen molar-refractivity contribution in [2.24, 2.45) is 0 Å². The molecule has 4 nitrogen and oxygen atoms in total. The average Bonchev–Trinajstić information content (AvgIpc) is 3.82. The van der Waals surface area contributed by atoms with Gasteiger partial charge in [-0.2, -0.15) is 0 Å². The molecule has 220 valence electrons. The zero-order valence-electron chi connectivity index (χ0n) is 25.3. The molecule has 0 aliphatic carbocycles. The van der Waals surface area contributed by atoms with Crippen LogP contribution in [0.5, 0.6) is 0 Å². The molecule has 0 aliphatic heterocycles. The molecular formula is C43H27N3O. The van der Waals surface area contributed by atoms with Crippen LogP contribution in [0.15, 0.2) is 168 Å². The first-order chi connectivity index (χ1) is 23.3. The third kappa shape index (κ3) is 3.98. The van der Waals surface area contributed by atoms with E-state index >= 15 is 0 Å². The summed E-state index contributed by atoms with van der Waals surface area (Å²) in [5.74, 6) is 0.618. The van der Waals surface area contributed by atoms with Crippen LogP contribution in [-0.2, 0) is 0 Å².